The number of methoxy groups -OCH3 is 1. The predicted molar refractivity (Wildman–Crippen MR) is 131 cm³/mol. The first-order valence-electron chi connectivity index (χ1n) is 11.5. The third-order valence-electron chi connectivity index (χ3n) is 5.94. The topological polar surface area (TPSA) is 97.8 Å². The van der Waals surface area contributed by atoms with E-state index in [1.165, 1.54) is 4.31 Å². The number of piperidine rings is 1. The zero-order valence-corrected chi connectivity index (χ0v) is 20.4. The minimum atomic E-state index is -3.75. The highest BCUT2D eigenvalue weighted by Gasteiger charge is 2.37. The molecule has 1 unspecified atom stereocenters. The van der Waals surface area contributed by atoms with Gasteiger partial charge in [0.2, 0.25) is 15.9 Å². The number of sulfonamides is 1. The van der Waals surface area contributed by atoms with Gasteiger partial charge in [0.05, 0.1) is 12.0 Å². The number of ether oxygens (including phenoxy) is 2. The average molecular weight is 496 g/mol. The molecule has 1 fully saturated rings. The maximum atomic E-state index is 13.2. The number of nitrogens with one attached hydrogen (secondary N) is 1. The molecular weight excluding hydrogens is 466 g/mol. The fourth-order valence-electron chi connectivity index (χ4n) is 4.07. The molecule has 1 aliphatic rings. The summed E-state index contributed by atoms with van der Waals surface area (Å²) in [6.45, 7) is 0.949. The Morgan fingerprint density at radius 2 is 1.80 bits per heavy atom. The second-order valence-corrected chi connectivity index (χ2v) is 10.2. The number of pyridine rings is 1. The van der Waals surface area contributed by atoms with Crippen molar-refractivity contribution < 1.29 is 22.7 Å². The lowest BCUT2D eigenvalue weighted by Crippen LogP contribution is -2.51. The first-order valence-corrected chi connectivity index (χ1v) is 13.0. The molecule has 0 aliphatic carbocycles. The lowest BCUT2D eigenvalue weighted by Gasteiger charge is -2.33. The predicted octanol–water partition coefficient (Wildman–Crippen LogP) is 3.53. The number of benzene rings is 2. The van der Waals surface area contributed by atoms with Crippen molar-refractivity contribution in [3.05, 3.63) is 84.2 Å². The second kappa shape index (κ2) is 11.3. The molecule has 1 aliphatic heterocycles. The number of nitrogens with zero attached hydrogens (tertiary/aromatic N) is 2. The van der Waals surface area contributed by atoms with Crippen LogP contribution in [0.4, 0.5) is 0 Å². The Hall–Kier alpha value is -3.43. The van der Waals surface area contributed by atoms with Gasteiger partial charge in [-0.2, -0.15) is 4.31 Å². The van der Waals surface area contributed by atoms with Gasteiger partial charge in [0.15, 0.2) is 11.5 Å². The van der Waals surface area contributed by atoms with Crippen LogP contribution in [0.5, 0.6) is 11.5 Å². The molecule has 2 heterocycles. The van der Waals surface area contributed by atoms with Crippen LogP contribution in [0.25, 0.3) is 0 Å². The molecule has 8 nitrogen and oxygen atoms in total. The van der Waals surface area contributed by atoms with Gasteiger partial charge in [0, 0.05) is 25.5 Å². The molecule has 3 aromatic rings. The molecule has 1 amide bonds. The van der Waals surface area contributed by atoms with E-state index in [0.717, 1.165) is 24.0 Å². The molecule has 0 spiro atoms. The first-order chi connectivity index (χ1) is 17.0. The third kappa shape index (κ3) is 5.98. The van der Waals surface area contributed by atoms with Crippen LogP contribution in [-0.2, 0) is 28.0 Å². The van der Waals surface area contributed by atoms with Crippen LogP contribution in [0.2, 0.25) is 0 Å². The van der Waals surface area contributed by atoms with E-state index >= 15 is 0 Å². The number of hydrogen-bond acceptors (Lipinski definition) is 6. The SMILES string of the molecule is COc1cc(CNC(=O)C2CCCCN2S(=O)(=O)c2ccccc2)ccc1OCc1ccncc1. The summed E-state index contributed by atoms with van der Waals surface area (Å²) in [6, 6.07) is 16.7. The summed E-state index contributed by atoms with van der Waals surface area (Å²) in [5.41, 5.74) is 1.81. The smallest absolute Gasteiger partial charge is 0.243 e. The van der Waals surface area contributed by atoms with Crippen LogP contribution >= 0.6 is 0 Å². The highest BCUT2D eigenvalue weighted by atomic mass is 32.2. The summed E-state index contributed by atoms with van der Waals surface area (Å²) < 4.78 is 39.0. The van der Waals surface area contributed by atoms with Crippen molar-refractivity contribution in [3.63, 3.8) is 0 Å². The Morgan fingerprint density at radius 1 is 1.03 bits per heavy atom. The van der Waals surface area contributed by atoms with Crippen molar-refractivity contribution in [2.45, 2.75) is 43.4 Å². The zero-order chi connectivity index (χ0) is 24.7. The van der Waals surface area contributed by atoms with Crippen LogP contribution in [0, 0.1) is 0 Å². The van der Waals surface area contributed by atoms with E-state index < -0.39 is 16.1 Å². The molecule has 35 heavy (non-hydrogen) atoms. The normalized spacial score (nSPS) is 16.4. The minimum Gasteiger partial charge on any atom is -0.493 e. The number of hydrogen-bond donors (Lipinski definition) is 1. The van der Waals surface area contributed by atoms with Gasteiger partial charge in [-0.25, -0.2) is 8.42 Å². The highest BCUT2D eigenvalue weighted by Crippen LogP contribution is 2.29. The zero-order valence-electron chi connectivity index (χ0n) is 19.6. The van der Waals surface area contributed by atoms with E-state index in [1.807, 2.05) is 24.3 Å². The Bertz CT molecular complexity index is 1240. The fraction of sp³-hybridized carbons (Fsp3) is 0.308. The third-order valence-corrected chi connectivity index (χ3v) is 7.87. The Balaban J connectivity index is 1.41. The summed E-state index contributed by atoms with van der Waals surface area (Å²) in [4.78, 5) is 17.3. The molecule has 4 rings (SSSR count). The van der Waals surface area contributed by atoms with E-state index in [2.05, 4.69) is 10.3 Å². The quantitative estimate of drug-likeness (QED) is 0.488. The van der Waals surface area contributed by atoms with Crippen molar-refractivity contribution in [2.24, 2.45) is 0 Å². The van der Waals surface area contributed by atoms with Crippen LogP contribution in [0.15, 0.2) is 78.0 Å². The number of rotatable bonds is 9. The van der Waals surface area contributed by atoms with Gasteiger partial charge in [0.1, 0.15) is 12.6 Å². The average Bonchev–Trinajstić information content (AvgIpc) is 2.91. The summed E-state index contributed by atoms with van der Waals surface area (Å²) in [7, 11) is -2.19. The van der Waals surface area contributed by atoms with Gasteiger partial charge >= 0.3 is 0 Å². The van der Waals surface area contributed by atoms with E-state index in [9.17, 15) is 13.2 Å². The molecule has 9 heteroatoms. The van der Waals surface area contributed by atoms with Crippen LogP contribution in [0.1, 0.15) is 30.4 Å². The van der Waals surface area contributed by atoms with Crippen LogP contribution in [0.3, 0.4) is 0 Å². The maximum Gasteiger partial charge on any atom is 0.243 e. The molecule has 1 atom stereocenters. The lowest BCUT2D eigenvalue weighted by molar-refractivity contribution is -0.125. The van der Waals surface area contributed by atoms with E-state index in [0.29, 0.717) is 31.1 Å². The summed E-state index contributed by atoms with van der Waals surface area (Å²) >= 11 is 0. The van der Waals surface area contributed by atoms with Gasteiger partial charge in [0.25, 0.3) is 0 Å². The molecule has 1 aromatic heterocycles. The van der Waals surface area contributed by atoms with E-state index in [1.54, 1.807) is 55.9 Å². The molecule has 0 bridgehead atoms. The monoisotopic (exact) mass is 495 g/mol. The Morgan fingerprint density at radius 3 is 2.54 bits per heavy atom. The van der Waals surface area contributed by atoms with Gasteiger partial charge in [-0.3, -0.25) is 9.78 Å². The number of carbonyl (C=O) groups excluding carboxylic acids is 1. The van der Waals surface area contributed by atoms with Crippen molar-refractivity contribution >= 4 is 15.9 Å². The molecule has 0 saturated carbocycles. The van der Waals surface area contributed by atoms with Crippen LogP contribution < -0.4 is 14.8 Å². The Kier molecular flexibility index (Phi) is 7.99. The molecule has 184 valence electrons. The van der Waals surface area contributed by atoms with Gasteiger partial charge < -0.3 is 14.8 Å². The largest absolute Gasteiger partial charge is 0.493 e. The molecular formula is C26H29N3O5S. The van der Waals surface area contributed by atoms with Crippen molar-refractivity contribution in [3.8, 4) is 11.5 Å². The highest BCUT2D eigenvalue weighted by molar-refractivity contribution is 7.89. The fourth-order valence-corrected chi connectivity index (χ4v) is 5.75. The van der Waals surface area contributed by atoms with Gasteiger partial charge in [-0.15, -0.1) is 0 Å². The van der Waals surface area contributed by atoms with E-state index in [4.69, 9.17) is 9.47 Å². The molecule has 1 N–H and O–H groups in total. The maximum absolute atomic E-state index is 13.2. The van der Waals surface area contributed by atoms with Crippen molar-refractivity contribution in [2.75, 3.05) is 13.7 Å². The van der Waals surface area contributed by atoms with E-state index in [-0.39, 0.29) is 17.3 Å². The molecule has 0 radical (unpaired) electrons. The molecule has 2 aromatic carbocycles. The summed E-state index contributed by atoms with van der Waals surface area (Å²) in [6.07, 6.45) is 5.44. The standard InChI is InChI=1S/C26H29N3O5S/c1-33-25-17-21(10-11-24(25)34-19-20-12-14-27-15-13-20)18-28-26(30)23-9-5-6-16-29(23)35(31,32)22-7-3-2-4-8-22/h2-4,7-8,10-15,17,23H,5-6,9,16,18-19H2,1H3,(H,28,30). The lowest BCUT2D eigenvalue weighted by atomic mass is 10.0. The molecule has 1 saturated heterocycles. The van der Waals surface area contributed by atoms with Crippen molar-refractivity contribution in [1.29, 1.82) is 0 Å². The van der Waals surface area contributed by atoms with Gasteiger partial charge in [-0.1, -0.05) is 30.7 Å². The number of carbonyl (C=O) groups is 1. The minimum absolute atomic E-state index is 0.201. The van der Waals surface area contributed by atoms with Crippen LogP contribution in [-0.4, -0.2) is 43.3 Å². The first kappa shape index (κ1) is 24.7. The summed E-state index contributed by atoms with van der Waals surface area (Å²) in [5.74, 6) is 0.838. The van der Waals surface area contributed by atoms with Gasteiger partial charge in [-0.05, 0) is 60.4 Å². The van der Waals surface area contributed by atoms with Crippen molar-refractivity contribution in [1.82, 2.24) is 14.6 Å². The Labute approximate surface area is 206 Å². The number of aromatic nitrogens is 1. The summed E-state index contributed by atoms with van der Waals surface area (Å²) in [5, 5.41) is 2.90. The second-order valence-electron chi connectivity index (χ2n) is 8.29. The number of amides is 1.